The molecule has 0 unspecified atom stereocenters. The van der Waals surface area contributed by atoms with Crippen molar-refractivity contribution in [3.05, 3.63) is 35.9 Å². The smallest absolute Gasteiger partial charge is 0.236 e. The summed E-state index contributed by atoms with van der Waals surface area (Å²) in [6, 6.07) is 10.9. The molecule has 1 saturated heterocycles. The molecule has 1 aromatic rings. The molecule has 1 aliphatic rings. The van der Waals surface area contributed by atoms with Crippen molar-refractivity contribution in [3.63, 3.8) is 0 Å². The Kier molecular flexibility index (Phi) is 12.9. The minimum Gasteiger partial charge on any atom is -0.383 e. The van der Waals surface area contributed by atoms with Gasteiger partial charge in [-0.25, -0.2) is 0 Å². The number of carbonyl (C=O) groups is 1. The Morgan fingerprint density at radius 3 is 2.48 bits per heavy atom. The molecular weight excluding hydrogens is 361 g/mol. The number of methoxy groups -OCH3 is 1. The Hall–Kier alpha value is -0.850. The number of amides is 1. The molecule has 1 aromatic carbocycles. The Morgan fingerprint density at radius 2 is 1.88 bits per heavy atom. The molecule has 0 bridgehead atoms. The molecule has 144 valence electrons. The third-order valence-corrected chi connectivity index (χ3v) is 4.51. The van der Waals surface area contributed by atoms with Crippen LogP contribution in [0, 0.1) is 0 Å². The Labute approximate surface area is 163 Å². The van der Waals surface area contributed by atoms with Crippen molar-refractivity contribution in [2.45, 2.75) is 25.4 Å². The lowest BCUT2D eigenvalue weighted by Gasteiger charge is -2.36. The van der Waals surface area contributed by atoms with Crippen LogP contribution in [0.2, 0.25) is 0 Å². The number of hydrogen-bond acceptors (Lipinski definition) is 4. The van der Waals surface area contributed by atoms with Gasteiger partial charge in [0.2, 0.25) is 5.91 Å². The number of carbonyl (C=O) groups excluding carboxylic acids is 1. The summed E-state index contributed by atoms with van der Waals surface area (Å²) in [6.07, 6.45) is 2.10. The van der Waals surface area contributed by atoms with E-state index in [1.807, 2.05) is 11.9 Å². The summed E-state index contributed by atoms with van der Waals surface area (Å²) in [5, 5.41) is 3.12. The molecule has 0 aromatic heterocycles. The molecule has 25 heavy (non-hydrogen) atoms. The van der Waals surface area contributed by atoms with Crippen LogP contribution in [0.3, 0.4) is 0 Å². The zero-order valence-corrected chi connectivity index (χ0v) is 16.8. The molecule has 2 rings (SSSR count). The first-order valence-electron chi connectivity index (χ1n) is 8.42. The second-order valence-electron chi connectivity index (χ2n) is 6.17. The second kappa shape index (κ2) is 13.4. The lowest BCUT2D eigenvalue weighted by molar-refractivity contribution is -0.131. The van der Waals surface area contributed by atoms with E-state index in [1.54, 1.807) is 7.11 Å². The van der Waals surface area contributed by atoms with Gasteiger partial charge in [0, 0.05) is 46.4 Å². The molecule has 1 amide bonds. The van der Waals surface area contributed by atoms with E-state index >= 15 is 0 Å². The summed E-state index contributed by atoms with van der Waals surface area (Å²) in [5.74, 6) is 0.169. The lowest BCUT2D eigenvalue weighted by Crippen LogP contribution is -2.47. The van der Waals surface area contributed by atoms with Crippen molar-refractivity contribution in [2.24, 2.45) is 0 Å². The first kappa shape index (κ1) is 24.1. The Morgan fingerprint density at radius 1 is 1.24 bits per heavy atom. The van der Waals surface area contributed by atoms with Crippen LogP contribution in [0.5, 0.6) is 0 Å². The van der Waals surface area contributed by atoms with Gasteiger partial charge in [-0.15, -0.1) is 24.8 Å². The molecule has 1 heterocycles. The molecule has 1 fully saturated rings. The molecule has 5 nitrogen and oxygen atoms in total. The Balaban J connectivity index is 0.00000288. The lowest BCUT2D eigenvalue weighted by atomic mass is 10.0. The summed E-state index contributed by atoms with van der Waals surface area (Å²) in [7, 11) is 3.59. The van der Waals surface area contributed by atoms with E-state index in [0.717, 1.165) is 32.5 Å². The molecule has 0 spiro atoms. The van der Waals surface area contributed by atoms with Gasteiger partial charge in [-0.3, -0.25) is 9.69 Å². The van der Waals surface area contributed by atoms with Crippen LogP contribution >= 0.6 is 24.8 Å². The predicted molar refractivity (Wildman–Crippen MR) is 107 cm³/mol. The zero-order chi connectivity index (χ0) is 16.5. The van der Waals surface area contributed by atoms with Crippen molar-refractivity contribution in [1.82, 2.24) is 15.1 Å². The fraction of sp³-hybridized carbons (Fsp3) is 0.611. The summed E-state index contributed by atoms with van der Waals surface area (Å²) >= 11 is 0. The summed E-state index contributed by atoms with van der Waals surface area (Å²) < 4.78 is 4.97. The summed E-state index contributed by atoms with van der Waals surface area (Å²) in [4.78, 5) is 16.6. The predicted octanol–water partition coefficient (Wildman–Crippen LogP) is 2.19. The van der Waals surface area contributed by atoms with Gasteiger partial charge in [-0.1, -0.05) is 30.3 Å². The van der Waals surface area contributed by atoms with E-state index < -0.39 is 0 Å². The minimum atomic E-state index is 0. The second-order valence-corrected chi connectivity index (χ2v) is 6.17. The van der Waals surface area contributed by atoms with Crippen molar-refractivity contribution < 1.29 is 9.53 Å². The van der Waals surface area contributed by atoms with Gasteiger partial charge in [-0.2, -0.15) is 0 Å². The standard InChI is InChI=1S/C18H29N3O2.2ClH/c1-20(18(22)14-19-10-13-23-2)17-8-11-21(12-9-17)15-16-6-4-3-5-7-16;;/h3-7,17,19H,8-15H2,1-2H3;2*1H. The van der Waals surface area contributed by atoms with Crippen molar-refractivity contribution in [3.8, 4) is 0 Å². The number of likely N-dealkylation sites (N-methyl/N-ethyl adjacent to an activating group) is 1. The average Bonchev–Trinajstić information content (AvgIpc) is 2.59. The summed E-state index contributed by atoms with van der Waals surface area (Å²) in [6.45, 7) is 4.84. The van der Waals surface area contributed by atoms with Crippen molar-refractivity contribution in [1.29, 1.82) is 0 Å². The number of hydrogen-bond donors (Lipinski definition) is 1. The zero-order valence-electron chi connectivity index (χ0n) is 15.1. The van der Waals surface area contributed by atoms with Gasteiger partial charge in [0.15, 0.2) is 0 Å². The van der Waals surface area contributed by atoms with Crippen LogP contribution in [0.25, 0.3) is 0 Å². The molecule has 0 radical (unpaired) electrons. The number of halogens is 2. The third kappa shape index (κ3) is 8.38. The number of likely N-dealkylation sites (tertiary alicyclic amines) is 1. The van der Waals surface area contributed by atoms with Crippen molar-refractivity contribution >= 4 is 30.7 Å². The summed E-state index contributed by atoms with van der Waals surface area (Å²) in [5.41, 5.74) is 1.36. The van der Waals surface area contributed by atoms with E-state index in [0.29, 0.717) is 25.7 Å². The number of rotatable bonds is 8. The van der Waals surface area contributed by atoms with Crippen LogP contribution in [-0.2, 0) is 16.1 Å². The maximum absolute atomic E-state index is 12.2. The number of benzene rings is 1. The van der Waals surface area contributed by atoms with Crippen LogP contribution in [-0.4, -0.2) is 68.7 Å². The Bertz CT molecular complexity index is 469. The third-order valence-electron chi connectivity index (χ3n) is 4.51. The number of piperidine rings is 1. The fourth-order valence-corrected chi connectivity index (χ4v) is 3.00. The van der Waals surface area contributed by atoms with Crippen LogP contribution in [0.1, 0.15) is 18.4 Å². The largest absolute Gasteiger partial charge is 0.383 e. The molecule has 1 aliphatic heterocycles. The highest BCUT2D eigenvalue weighted by atomic mass is 35.5. The van der Waals surface area contributed by atoms with Gasteiger partial charge < -0.3 is 15.0 Å². The average molecular weight is 392 g/mol. The van der Waals surface area contributed by atoms with Gasteiger partial charge in [0.05, 0.1) is 13.2 Å². The quantitative estimate of drug-likeness (QED) is 0.689. The molecule has 0 saturated carbocycles. The minimum absolute atomic E-state index is 0. The molecule has 0 aliphatic carbocycles. The van der Waals surface area contributed by atoms with Crippen LogP contribution in [0.4, 0.5) is 0 Å². The highest BCUT2D eigenvalue weighted by Gasteiger charge is 2.24. The van der Waals surface area contributed by atoms with Gasteiger partial charge in [0.25, 0.3) is 0 Å². The van der Waals surface area contributed by atoms with E-state index in [1.165, 1.54) is 5.56 Å². The molecular formula is C18H31Cl2N3O2. The molecule has 7 heteroatoms. The van der Waals surface area contributed by atoms with Crippen LogP contribution < -0.4 is 5.32 Å². The van der Waals surface area contributed by atoms with E-state index in [4.69, 9.17) is 4.74 Å². The van der Waals surface area contributed by atoms with Crippen LogP contribution in [0.15, 0.2) is 30.3 Å². The van der Waals surface area contributed by atoms with E-state index in [-0.39, 0.29) is 30.7 Å². The highest BCUT2D eigenvalue weighted by molar-refractivity contribution is 5.85. The fourth-order valence-electron chi connectivity index (χ4n) is 3.00. The van der Waals surface area contributed by atoms with Gasteiger partial charge >= 0.3 is 0 Å². The maximum Gasteiger partial charge on any atom is 0.236 e. The van der Waals surface area contributed by atoms with E-state index in [9.17, 15) is 4.79 Å². The SMILES string of the molecule is COCCNCC(=O)N(C)C1CCN(Cc2ccccc2)CC1.Cl.Cl. The monoisotopic (exact) mass is 391 g/mol. The van der Waals surface area contributed by atoms with E-state index in [2.05, 4.69) is 40.5 Å². The first-order valence-corrected chi connectivity index (χ1v) is 8.42. The normalized spacial score (nSPS) is 15.1. The molecule has 0 atom stereocenters. The number of ether oxygens (including phenoxy) is 1. The number of nitrogens with zero attached hydrogens (tertiary/aromatic N) is 2. The topological polar surface area (TPSA) is 44.8 Å². The number of nitrogens with one attached hydrogen (secondary N) is 1. The maximum atomic E-state index is 12.2. The highest BCUT2D eigenvalue weighted by Crippen LogP contribution is 2.17. The van der Waals surface area contributed by atoms with Gasteiger partial charge in [0.1, 0.15) is 0 Å². The molecule has 1 N–H and O–H groups in total. The first-order chi connectivity index (χ1) is 11.2. The van der Waals surface area contributed by atoms with Crippen molar-refractivity contribution in [2.75, 3.05) is 46.9 Å². The van der Waals surface area contributed by atoms with Gasteiger partial charge in [-0.05, 0) is 18.4 Å².